The summed E-state index contributed by atoms with van der Waals surface area (Å²) in [6.45, 7) is 2.24. The molecule has 2 heterocycles. The minimum atomic E-state index is 0.548. The number of rotatable bonds is 3. The molecule has 1 unspecified atom stereocenters. The van der Waals surface area contributed by atoms with Crippen molar-refractivity contribution >= 4 is 5.69 Å². The Morgan fingerprint density at radius 3 is 3.00 bits per heavy atom. The first kappa shape index (κ1) is 12.2. The summed E-state index contributed by atoms with van der Waals surface area (Å²) in [5, 5.41) is 11.4. The summed E-state index contributed by atoms with van der Waals surface area (Å²) in [6, 6.07) is 10.9. The van der Waals surface area contributed by atoms with Gasteiger partial charge in [-0.2, -0.15) is 5.10 Å². The second-order valence-corrected chi connectivity index (χ2v) is 4.99. The zero-order valence-corrected chi connectivity index (χ0v) is 11.0. The number of hydrogen-bond acceptors (Lipinski definition) is 3. The predicted octanol–water partition coefficient (Wildman–Crippen LogP) is 2.43. The Morgan fingerprint density at radius 1 is 1.16 bits per heavy atom. The van der Waals surface area contributed by atoms with Crippen LogP contribution in [-0.4, -0.2) is 28.9 Å². The Bertz CT molecular complexity index is 499. The number of aromatic nitrogens is 2. The lowest BCUT2D eigenvalue weighted by molar-refractivity contribution is 0.636. The van der Waals surface area contributed by atoms with Crippen LogP contribution in [0, 0.1) is 0 Å². The maximum atomic E-state index is 4.32. The van der Waals surface area contributed by atoms with Gasteiger partial charge in [0.15, 0.2) is 0 Å². The minimum absolute atomic E-state index is 0.548. The molecule has 1 aliphatic heterocycles. The topological polar surface area (TPSA) is 41.9 Å². The van der Waals surface area contributed by atoms with Gasteiger partial charge in [0, 0.05) is 18.4 Å². The van der Waals surface area contributed by atoms with Gasteiger partial charge in [0.05, 0.1) is 11.4 Å². The molecule has 1 saturated heterocycles. The average molecular weight is 256 g/mol. The molecule has 4 nitrogen and oxygen atoms in total. The van der Waals surface area contributed by atoms with Crippen LogP contribution < -0.4 is 10.6 Å². The first-order chi connectivity index (χ1) is 9.43. The number of benzene rings is 1. The van der Waals surface area contributed by atoms with Gasteiger partial charge in [0.25, 0.3) is 0 Å². The fraction of sp³-hybridized carbons (Fsp3) is 0.400. The van der Waals surface area contributed by atoms with Gasteiger partial charge < -0.3 is 10.6 Å². The Morgan fingerprint density at radius 2 is 2.11 bits per heavy atom. The standard InChI is InChI=1S/C15H20N4/c1-2-7-15(19-12-4-10-17-19)14(6-1)18-13-5-3-9-16-11-8-13/h1-2,4,6-7,10,12-13,16,18H,3,5,8-9,11H2. The van der Waals surface area contributed by atoms with Crippen LogP contribution in [0.1, 0.15) is 19.3 Å². The summed E-state index contributed by atoms with van der Waals surface area (Å²) >= 11 is 0. The maximum absolute atomic E-state index is 4.32. The van der Waals surface area contributed by atoms with Crippen molar-refractivity contribution < 1.29 is 0 Å². The van der Waals surface area contributed by atoms with Crippen molar-refractivity contribution in [2.75, 3.05) is 18.4 Å². The van der Waals surface area contributed by atoms with Crippen molar-refractivity contribution in [2.24, 2.45) is 0 Å². The molecule has 100 valence electrons. The van der Waals surface area contributed by atoms with Crippen molar-refractivity contribution in [1.29, 1.82) is 0 Å². The third-order valence-electron chi connectivity index (χ3n) is 3.59. The fourth-order valence-electron chi connectivity index (χ4n) is 2.59. The molecule has 19 heavy (non-hydrogen) atoms. The number of nitrogens with zero attached hydrogens (tertiary/aromatic N) is 2. The molecule has 1 aliphatic rings. The zero-order valence-electron chi connectivity index (χ0n) is 11.0. The normalized spacial score (nSPS) is 19.9. The van der Waals surface area contributed by atoms with E-state index in [1.807, 2.05) is 23.1 Å². The molecule has 0 radical (unpaired) electrons. The van der Waals surface area contributed by atoms with Crippen molar-refractivity contribution in [2.45, 2.75) is 25.3 Å². The monoisotopic (exact) mass is 256 g/mol. The van der Waals surface area contributed by atoms with Crippen molar-refractivity contribution in [3.63, 3.8) is 0 Å². The number of anilines is 1. The highest BCUT2D eigenvalue weighted by Crippen LogP contribution is 2.22. The van der Waals surface area contributed by atoms with Crippen molar-refractivity contribution in [3.05, 3.63) is 42.7 Å². The second-order valence-electron chi connectivity index (χ2n) is 4.99. The van der Waals surface area contributed by atoms with E-state index < -0.39 is 0 Å². The number of nitrogens with one attached hydrogen (secondary N) is 2. The van der Waals surface area contributed by atoms with Crippen molar-refractivity contribution in [3.8, 4) is 5.69 Å². The molecule has 1 fully saturated rings. The van der Waals surface area contributed by atoms with Gasteiger partial charge in [-0.1, -0.05) is 12.1 Å². The summed E-state index contributed by atoms with van der Waals surface area (Å²) in [5.74, 6) is 0. The Labute approximate surface area is 113 Å². The lowest BCUT2D eigenvalue weighted by Gasteiger charge is -2.19. The van der Waals surface area contributed by atoms with Crippen LogP contribution in [0.25, 0.3) is 5.69 Å². The Hall–Kier alpha value is -1.81. The van der Waals surface area contributed by atoms with Crippen LogP contribution in [0.15, 0.2) is 42.7 Å². The van der Waals surface area contributed by atoms with Crippen LogP contribution >= 0.6 is 0 Å². The van der Waals surface area contributed by atoms with E-state index >= 15 is 0 Å². The molecule has 2 N–H and O–H groups in total. The molecule has 1 aromatic carbocycles. The largest absolute Gasteiger partial charge is 0.381 e. The van der Waals surface area contributed by atoms with E-state index in [1.165, 1.54) is 19.3 Å². The fourth-order valence-corrected chi connectivity index (χ4v) is 2.59. The van der Waals surface area contributed by atoms with Gasteiger partial charge in [-0.05, 0) is 50.6 Å². The van der Waals surface area contributed by atoms with Crippen LogP contribution in [0.3, 0.4) is 0 Å². The summed E-state index contributed by atoms with van der Waals surface area (Å²) in [4.78, 5) is 0. The average Bonchev–Trinajstić information content (AvgIpc) is 2.85. The van der Waals surface area contributed by atoms with Crippen molar-refractivity contribution in [1.82, 2.24) is 15.1 Å². The van der Waals surface area contributed by atoms with E-state index in [4.69, 9.17) is 0 Å². The van der Waals surface area contributed by atoms with Gasteiger partial charge in [-0.3, -0.25) is 0 Å². The van der Waals surface area contributed by atoms with Gasteiger partial charge in [0.1, 0.15) is 0 Å². The van der Waals surface area contributed by atoms with E-state index in [1.54, 1.807) is 0 Å². The summed E-state index contributed by atoms with van der Waals surface area (Å²) in [6.07, 6.45) is 7.43. The summed E-state index contributed by atoms with van der Waals surface area (Å²) in [7, 11) is 0. The maximum Gasteiger partial charge on any atom is 0.0876 e. The Kier molecular flexibility index (Phi) is 3.79. The van der Waals surface area contributed by atoms with Crippen LogP contribution in [0.4, 0.5) is 5.69 Å². The highest BCUT2D eigenvalue weighted by Gasteiger charge is 2.13. The van der Waals surface area contributed by atoms with E-state index in [0.717, 1.165) is 24.5 Å². The minimum Gasteiger partial charge on any atom is -0.381 e. The van der Waals surface area contributed by atoms with Crippen LogP contribution in [0.5, 0.6) is 0 Å². The van der Waals surface area contributed by atoms with Crippen LogP contribution in [0.2, 0.25) is 0 Å². The SMILES string of the molecule is c1ccc(-n2cccn2)c(NC2CCCNCC2)c1. The van der Waals surface area contributed by atoms with E-state index in [9.17, 15) is 0 Å². The lowest BCUT2D eigenvalue weighted by atomic mass is 10.1. The molecule has 0 saturated carbocycles. The van der Waals surface area contributed by atoms with Gasteiger partial charge in [-0.15, -0.1) is 0 Å². The number of hydrogen-bond donors (Lipinski definition) is 2. The second kappa shape index (κ2) is 5.89. The summed E-state index contributed by atoms with van der Waals surface area (Å²) < 4.78 is 1.91. The third-order valence-corrected chi connectivity index (χ3v) is 3.59. The molecule has 1 atom stereocenters. The zero-order chi connectivity index (χ0) is 12.9. The van der Waals surface area contributed by atoms with Gasteiger partial charge in [0.2, 0.25) is 0 Å². The van der Waals surface area contributed by atoms with Gasteiger partial charge in [-0.25, -0.2) is 4.68 Å². The quantitative estimate of drug-likeness (QED) is 0.886. The molecule has 0 aliphatic carbocycles. The predicted molar refractivity (Wildman–Crippen MR) is 77.7 cm³/mol. The van der Waals surface area contributed by atoms with E-state index in [2.05, 4.69) is 40.0 Å². The first-order valence-corrected chi connectivity index (χ1v) is 7.00. The van der Waals surface area contributed by atoms with Crippen LogP contribution in [-0.2, 0) is 0 Å². The molecule has 1 aromatic heterocycles. The highest BCUT2D eigenvalue weighted by atomic mass is 15.3. The smallest absolute Gasteiger partial charge is 0.0876 e. The molecule has 0 spiro atoms. The molecule has 4 heteroatoms. The highest BCUT2D eigenvalue weighted by molar-refractivity contribution is 5.61. The number of para-hydroxylation sites is 2. The first-order valence-electron chi connectivity index (χ1n) is 7.00. The van der Waals surface area contributed by atoms with Gasteiger partial charge >= 0.3 is 0 Å². The molecule has 3 rings (SSSR count). The Balaban J connectivity index is 1.80. The van der Waals surface area contributed by atoms with E-state index in [-0.39, 0.29) is 0 Å². The molecular weight excluding hydrogens is 236 g/mol. The summed E-state index contributed by atoms with van der Waals surface area (Å²) in [5.41, 5.74) is 2.28. The molecular formula is C15H20N4. The lowest BCUT2D eigenvalue weighted by Crippen LogP contribution is -2.22. The molecule has 2 aromatic rings. The molecule has 0 amide bonds. The third kappa shape index (κ3) is 2.96. The molecule has 0 bridgehead atoms. The van der Waals surface area contributed by atoms with E-state index in [0.29, 0.717) is 6.04 Å².